The van der Waals surface area contributed by atoms with E-state index in [4.69, 9.17) is 13.8 Å². The largest absolute Gasteiger partial charge is 0.472 e. The van der Waals surface area contributed by atoms with Gasteiger partial charge in [-0.1, -0.05) is 147 Å². The van der Waals surface area contributed by atoms with E-state index >= 15 is 0 Å². The second-order valence-electron chi connectivity index (χ2n) is 16.1. The van der Waals surface area contributed by atoms with Gasteiger partial charge in [0.2, 0.25) is 5.91 Å². The molecule has 1 saturated heterocycles. The van der Waals surface area contributed by atoms with Gasteiger partial charge in [0, 0.05) is 6.42 Å². The molecule has 0 aromatic carbocycles. The zero-order valence-electron chi connectivity index (χ0n) is 34.7. The SMILES string of the molecule is CCCCC/C=C\C/C=C\C/C=C\CC1OC1CCCC(=O)N[C@@H](COP(=O)(O)OCC[N+](C)(C)C)[C@H](O)CCCCCCCCCCCCCCC. The van der Waals surface area contributed by atoms with Crippen LogP contribution in [0.5, 0.6) is 0 Å². The lowest BCUT2D eigenvalue weighted by molar-refractivity contribution is -0.870. The number of nitrogens with zero attached hydrogens (tertiary/aromatic N) is 1. The number of epoxide rings is 1. The molecule has 3 N–H and O–H groups in total. The first-order chi connectivity index (χ1) is 25.5. The fourth-order valence-corrected chi connectivity index (χ4v) is 6.98. The number of unbranched alkanes of at least 4 members (excludes halogenated alkanes) is 15. The first-order valence-corrected chi connectivity index (χ1v) is 23.0. The Morgan fingerprint density at radius 2 is 1.30 bits per heavy atom. The molecule has 0 aliphatic carbocycles. The monoisotopic (exact) mass is 770 g/mol. The van der Waals surface area contributed by atoms with Gasteiger partial charge in [-0.2, -0.15) is 0 Å². The molecule has 53 heavy (non-hydrogen) atoms. The second kappa shape index (κ2) is 31.8. The van der Waals surface area contributed by atoms with Crippen molar-refractivity contribution in [1.82, 2.24) is 5.32 Å². The molecule has 1 amide bonds. The van der Waals surface area contributed by atoms with Gasteiger partial charge in [-0.05, 0) is 51.4 Å². The van der Waals surface area contributed by atoms with E-state index in [1.165, 1.54) is 89.9 Å². The number of carbonyl (C=O) groups excluding carboxylic acids is 1. The van der Waals surface area contributed by atoms with Crippen LogP contribution in [0.1, 0.15) is 168 Å². The Morgan fingerprint density at radius 3 is 1.91 bits per heavy atom. The average Bonchev–Trinajstić information content (AvgIpc) is 3.86. The first kappa shape index (κ1) is 49.7. The third kappa shape index (κ3) is 31.6. The van der Waals surface area contributed by atoms with E-state index < -0.39 is 20.0 Å². The van der Waals surface area contributed by atoms with Crippen LogP contribution in [-0.4, -0.2) is 85.6 Å². The van der Waals surface area contributed by atoms with E-state index in [0.29, 0.717) is 30.3 Å². The molecule has 0 bridgehead atoms. The fraction of sp³-hybridized carbons (Fsp3) is 0.837. The van der Waals surface area contributed by atoms with E-state index in [9.17, 15) is 19.4 Å². The lowest BCUT2D eigenvalue weighted by Crippen LogP contribution is -2.46. The highest BCUT2D eigenvalue weighted by molar-refractivity contribution is 7.47. The third-order valence-corrected chi connectivity index (χ3v) is 10.8. The lowest BCUT2D eigenvalue weighted by atomic mass is 10.0. The Labute approximate surface area is 325 Å². The number of ether oxygens (including phenoxy) is 1. The third-order valence-electron chi connectivity index (χ3n) is 9.82. The highest BCUT2D eigenvalue weighted by Gasteiger charge is 2.37. The number of quaternary nitrogens is 1. The van der Waals surface area contributed by atoms with Gasteiger partial charge in [-0.25, -0.2) is 4.57 Å². The van der Waals surface area contributed by atoms with Crippen LogP contribution in [0.3, 0.4) is 0 Å². The molecule has 1 fully saturated rings. The molecular weight excluding hydrogens is 687 g/mol. The Hall–Kier alpha value is -1.32. The van der Waals surface area contributed by atoms with Crippen LogP contribution < -0.4 is 5.32 Å². The number of rotatable bonds is 37. The van der Waals surface area contributed by atoms with Crippen molar-refractivity contribution in [3.63, 3.8) is 0 Å². The molecule has 10 heteroatoms. The smallest absolute Gasteiger partial charge is 0.391 e. The molecule has 3 unspecified atom stereocenters. The van der Waals surface area contributed by atoms with Gasteiger partial charge in [0.05, 0.1) is 52.1 Å². The predicted octanol–water partition coefficient (Wildman–Crippen LogP) is 10.5. The summed E-state index contributed by atoms with van der Waals surface area (Å²) in [5, 5.41) is 13.9. The maximum absolute atomic E-state index is 12.9. The summed E-state index contributed by atoms with van der Waals surface area (Å²) in [6.07, 6.45) is 38.9. The van der Waals surface area contributed by atoms with Gasteiger partial charge in [0.1, 0.15) is 13.2 Å². The average molecular weight is 770 g/mol. The number of allylic oxidation sites excluding steroid dienone is 5. The zero-order chi connectivity index (χ0) is 39.0. The van der Waals surface area contributed by atoms with Gasteiger partial charge in [0.15, 0.2) is 0 Å². The second-order valence-corrected chi connectivity index (χ2v) is 17.6. The molecule has 1 rings (SSSR count). The van der Waals surface area contributed by atoms with Crippen molar-refractivity contribution in [3.05, 3.63) is 36.5 Å². The molecule has 1 heterocycles. The fourth-order valence-electron chi connectivity index (χ4n) is 6.25. The van der Waals surface area contributed by atoms with E-state index in [0.717, 1.165) is 44.9 Å². The van der Waals surface area contributed by atoms with Crippen molar-refractivity contribution in [1.29, 1.82) is 0 Å². The topological polar surface area (TPSA) is 118 Å². The lowest BCUT2D eigenvalue weighted by Gasteiger charge is -2.26. The van der Waals surface area contributed by atoms with Crippen LogP contribution in [0.4, 0.5) is 0 Å². The van der Waals surface area contributed by atoms with Gasteiger partial charge < -0.3 is 24.5 Å². The van der Waals surface area contributed by atoms with Crippen LogP contribution in [0.2, 0.25) is 0 Å². The minimum absolute atomic E-state index is 0.0595. The number of amides is 1. The van der Waals surface area contributed by atoms with Crippen molar-refractivity contribution >= 4 is 13.7 Å². The Bertz CT molecular complexity index is 1030. The van der Waals surface area contributed by atoms with Crippen molar-refractivity contribution in [2.45, 2.75) is 192 Å². The number of likely N-dealkylation sites (N-methyl/N-ethyl adjacent to an activating group) is 1. The van der Waals surface area contributed by atoms with Gasteiger partial charge in [-0.3, -0.25) is 13.8 Å². The summed E-state index contributed by atoms with van der Waals surface area (Å²) < 4.78 is 29.4. The molecule has 0 saturated carbocycles. The summed E-state index contributed by atoms with van der Waals surface area (Å²) in [5.41, 5.74) is 0. The number of carbonyl (C=O) groups is 1. The summed E-state index contributed by atoms with van der Waals surface area (Å²) in [5.74, 6) is -0.207. The molecule has 0 spiro atoms. The molecule has 5 atom stereocenters. The summed E-state index contributed by atoms with van der Waals surface area (Å²) in [7, 11) is 1.56. The minimum Gasteiger partial charge on any atom is -0.391 e. The zero-order valence-corrected chi connectivity index (χ0v) is 35.6. The van der Waals surface area contributed by atoms with Gasteiger partial charge >= 0.3 is 7.82 Å². The van der Waals surface area contributed by atoms with E-state index in [2.05, 4.69) is 55.6 Å². The summed E-state index contributed by atoms with van der Waals surface area (Å²) in [6, 6.07) is -0.798. The highest BCUT2D eigenvalue weighted by Crippen LogP contribution is 2.43. The normalized spacial score (nSPS) is 18.6. The first-order valence-electron chi connectivity index (χ1n) is 21.5. The molecule has 0 radical (unpaired) electrons. The molecule has 9 nitrogen and oxygen atoms in total. The minimum atomic E-state index is -4.33. The number of aliphatic hydroxyl groups is 1. The van der Waals surface area contributed by atoms with Crippen LogP contribution in [-0.2, 0) is 23.1 Å². The predicted molar refractivity (Wildman–Crippen MR) is 221 cm³/mol. The molecular formula is C43H82N2O7P+. The number of aliphatic hydroxyl groups excluding tert-OH is 1. The number of phosphoric acid groups is 1. The van der Waals surface area contributed by atoms with Crippen molar-refractivity contribution in [2.24, 2.45) is 0 Å². The number of hydrogen-bond donors (Lipinski definition) is 3. The highest BCUT2D eigenvalue weighted by atomic mass is 31.2. The Kier molecular flexibility index (Phi) is 29.9. The van der Waals surface area contributed by atoms with Gasteiger partial charge in [0.25, 0.3) is 0 Å². The summed E-state index contributed by atoms with van der Waals surface area (Å²) in [6.45, 7) is 4.78. The molecule has 310 valence electrons. The molecule has 0 aromatic rings. The Balaban J connectivity index is 2.38. The van der Waals surface area contributed by atoms with Crippen LogP contribution in [0.25, 0.3) is 0 Å². The van der Waals surface area contributed by atoms with Crippen molar-refractivity contribution < 1.29 is 37.6 Å². The van der Waals surface area contributed by atoms with E-state index in [-0.39, 0.29) is 31.3 Å². The van der Waals surface area contributed by atoms with Crippen molar-refractivity contribution in [2.75, 3.05) is 40.9 Å². The number of hydrogen-bond acceptors (Lipinski definition) is 6. The molecule has 1 aliphatic heterocycles. The Morgan fingerprint density at radius 1 is 0.755 bits per heavy atom. The molecule has 1 aliphatic rings. The van der Waals surface area contributed by atoms with E-state index in [1.54, 1.807) is 0 Å². The quantitative estimate of drug-likeness (QED) is 0.0189. The maximum Gasteiger partial charge on any atom is 0.472 e. The maximum atomic E-state index is 12.9. The van der Waals surface area contributed by atoms with Gasteiger partial charge in [-0.15, -0.1) is 0 Å². The number of nitrogens with one attached hydrogen (secondary N) is 1. The van der Waals surface area contributed by atoms with Crippen molar-refractivity contribution in [3.8, 4) is 0 Å². The molecule has 0 aromatic heterocycles. The number of phosphoric ester groups is 1. The standard InChI is InChI=1S/C43H81N2O7P/c1-6-8-10-12-14-16-18-20-21-23-25-27-29-32-40(46)39(38-51-53(48,49)50-37-36-45(3,4)5)44-43(47)35-31-34-42-41(52-42)33-30-28-26-24-22-19-17-15-13-11-9-7-2/h15,17,22,24,28,30,39-42,46H,6-14,16,18-21,23,25-27,29,31-38H2,1-5H3,(H-,44,47,48,49)/p+1/b17-15-,24-22-,30-28-/t39-,40+,41?,42?/m0/s1. The van der Waals surface area contributed by atoms with E-state index in [1.807, 2.05) is 21.1 Å². The van der Waals surface area contributed by atoms with Crippen LogP contribution in [0.15, 0.2) is 36.5 Å². The van der Waals surface area contributed by atoms with Crippen LogP contribution in [0, 0.1) is 0 Å². The van der Waals surface area contributed by atoms with Crippen LogP contribution >= 0.6 is 7.82 Å². The summed E-state index contributed by atoms with van der Waals surface area (Å²) in [4.78, 5) is 23.2. The summed E-state index contributed by atoms with van der Waals surface area (Å²) >= 11 is 0.